The maximum Gasteiger partial charge on any atom is 0.337 e. The van der Waals surface area contributed by atoms with Gasteiger partial charge in [0.1, 0.15) is 0 Å². The lowest BCUT2D eigenvalue weighted by Gasteiger charge is -2.16. The molecule has 5 heteroatoms. The smallest absolute Gasteiger partial charge is 0.337 e. The Bertz CT molecular complexity index is 389. The van der Waals surface area contributed by atoms with Crippen molar-refractivity contribution in [3.63, 3.8) is 0 Å². The van der Waals surface area contributed by atoms with Crippen LogP contribution in [-0.4, -0.2) is 31.9 Å². The first-order valence-electron chi connectivity index (χ1n) is 4.62. The predicted octanol–water partition coefficient (Wildman–Crippen LogP) is 1.67. The highest BCUT2D eigenvalue weighted by atomic mass is 35.5. The van der Waals surface area contributed by atoms with E-state index in [9.17, 15) is 9.59 Å². The van der Waals surface area contributed by atoms with Gasteiger partial charge >= 0.3 is 5.97 Å². The van der Waals surface area contributed by atoms with Gasteiger partial charge < -0.3 is 9.64 Å². The van der Waals surface area contributed by atoms with Crippen molar-refractivity contribution in [2.75, 3.05) is 25.6 Å². The minimum absolute atomic E-state index is 0.124. The number of carbonyl (C=O) groups is 2. The molecule has 0 amide bonds. The topological polar surface area (TPSA) is 46.6 Å². The van der Waals surface area contributed by atoms with Gasteiger partial charge in [-0.2, -0.15) is 0 Å². The number of anilines is 1. The molecule has 1 rings (SSSR count). The number of methoxy groups -OCH3 is 1. The van der Waals surface area contributed by atoms with E-state index >= 15 is 0 Å². The zero-order valence-electron chi connectivity index (χ0n) is 9.07. The van der Waals surface area contributed by atoms with Crippen molar-refractivity contribution in [1.29, 1.82) is 0 Å². The first-order chi connectivity index (χ1) is 7.54. The molecule has 0 aliphatic heterocycles. The fourth-order valence-electron chi connectivity index (χ4n) is 1.25. The van der Waals surface area contributed by atoms with E-state index in [2.05, 4.69) is 4.74 Å². The van der Waals surface area contributed by atoms with Crippen LogP contribution < -0.4 is 4.90 Å². The molecule has 0 heterocycles. The van der Waals surface area contributed by atoms with Crippen LogP contribution in [0.5, 0.6) is 0 Å². The third kappa shape index (κ3) is 3.24. The van der Waals surface area contributed by atoms with Crippen molar-refractivity contribution < 1.29 is 14.3 Å². The predicted molar refractivity (Wildman–Crippen MR) is 61.9 cm³/mol. The van der Waals surface area contributed by atoms with Crippen LogP contribution in [0.1, 0.15) is 10.4 Å². The lowest BCUT2D eigenvalue weighted by Crippen LogP contribution is -2.22. The number of hydrogen-bond donors (Lipinski definition) is 0. The van der Waals surface area contributed by atoms with Gasteiger partial charge in [-0.3, -0.25) is 4.79 Å². The van der Waals surface area contributed by atoms with E-state index in [-0.39, 0.29) is 12.5 Å². The van der Waals surface area contributed by atoms with Gasteiger partial charge in [-0.05, 0) is 35.9 Å². The number of hydrogen-bond acceptors (Lipinski definition) is 4. The van der Waals surface area contributed by atoms with Crippen molar-refractivity contribution in [1.82, 2.24) is 0 Å². The largest absolute Gasteiger partial charge is 0.465 e. The lowest BCUT2D eigenvalue weighted by atomic mass is 10.2. The Balaban J connectivity index is 2.78. The molecular weight excluding hydrogens is 230 g/mol. The first kappa shape index (κ1) is 12.5. The minimum atomic E-state index is -0.431. The first-order valence-corrected chi connectivity index (χ1v) is 5.00. The van der Waals surface area contributed by atoms with Crippen LogP contribution >= 0.6 is 11.6 Å². The van der Waals surface area contributed by atoms with E-state index in [0.717, 1.165) is 5.69 Å². The SMILES string of the molecule is COC(=O)c1ccc(N(C)CC(=O)Cl)cc1. The van der Waals surface area contributed by atoms with Crippen molar-refractivity contribution in [3.8, 4) is 0 Å². The average Bonchev–Trinajstić information content (AvgIpc) is 2.27. The second-order valence-corrected chi connectivity index (χ2v) is 3.67. The summed E-state index contributed by atoms with van der Waals surface area (Å²) in [7, 11) is 3.07. The Morgan fingerprint density at radius 3 is 2.31 bits per heavy atom. The molecule has 0 atom stereocenters. The highest BCUT2D eigenvalue weighted by molar-refractivity contribution is 6.64. The van der Waals surface area contributed by atoms with Crippen molar-refractivity contribution >= 4 is 28.5 Å². The molecule has 0 unspecified atom stereocenters. The van der Waals surface area contributed by atoms with E-state index < -0.39 is 5.24 Å². The van der Waals surface area contributed by atoms with E-state index in [1.807, 2.05) is 0 Å². The number of nitrogens with zero attached hydrogens (tertiary/aromatic N) is 1. The quantitative estimate of drug-likeness (QED) is 0.594. The van der Waals surface area contributed by atoms with Gasteiger partial charge in [0, 0.05) is 12.7 Å². The van der Waals surface area contributed by atoms with E-state index in [1.165, 1.54) is 7.11 Å². The van der Waals surface area contributed by atoms with E-state index in [1.54, 1.807) is 36.2 Å². The van der Waals surface area contributed by atoms with Crippen LogP contribution in [0.2, 0.25) is 0 Å². The third-order valence-corrected chi connectivity index (χ3v) is 2.21. The Hall–Kier alpha value is -1.55. The maximum atomic E-state index is 11.2. The standard InChI is InChI=1S/C11H12ClNO3/c1-13(7-10(12)14)9-5-3-8(4-6-9)11(15)16-2/h3-6H,7H2,1-2H3. The average molecular weight is 242 g/mol. The number of carbonyl (C=O) groups excluding carboxylic acids is 2. The highest BCUT2D eigenvalue weighted by Gasteiger charge is 2.07. The summed E-state index contributed by atoms with van der Waals surface area (Å²) in [5.74, 6) is -0.386. The molecule has 16 heavy (non-hydrogen) atoms. The molecule has 0 saturated carbocycles. The normalized spacial score (nSPS) is 9.69. The second-order valence-electron chi connectivity index (χ2n) is 3.25. The fourth-order valence-corrected chi connectivity index (χ4v) is 1.43. The van der Waals surface area contributed by atoms with Crippen molar-refractivity contribution in [3.05, 3.63) is 29.8 Å². The molecule has 0 aliphatic rings. The molecule has 1 aromatic carbocycles. The van der Waals surface area contributed by atoms with Gasteiger partial charge in [0.2, 0.25) is 5.24 Å². The highest BCUT2D eigenvalue weighted by Crippen LogP contribution is 2.14. The fraction of sp³-hybridized carbons (Fsp3) is 0.273. The Morgan fingerprint density at radius 2 is 1.88 bits per heavy atom. The van der Waals surface area contributed by atoms with Crippen molar-refractivity contribution in [2.24, 2.45) is 0 Å². The van der Waals surface area contributed by atoms with Crippen LogP contribution in [-0.2, 0) is 9.53 Å². The molecule has 86 valence electrons. The summed E-state index contributed by atoms with van der Waals surface area (Å²) in [4.78, 5) is 23.6. The molecule has 0 aliphatic carbocycles. The third-order valence-electron chi connectivity index (χ3n) is 2.09. The van der Waals surface area contributed by atoms with Gasteiger partial charge in [0.05, 0.1) is 19.2 Å². The summed E-state index contributed by atoms with van der Waals surface area (Å²) in [6.07, 6.45) is 0. The molecule has 0 bridgehead atoms. The van der Waals surface area contributed by atoms with Crippen LogP contribution in [0.4, 0.5) is 5.69 Å². The van der Waals surface area contributed by atoms with Crippen LogP contribution in [0.3, 0.4) is 0 Å². The van der Waals surface area contributed by atoms with Crippen LogP contribution in [0.15, 0.2) is 24.3 Å². The van der Waals surface area contributed by atoms with E-state index in [0.29, 0.717) is 5.56 Å². The van der Waals surface area contributed by atoms with Gasteiger partial charge in [0.15, 0.2) is 0 Å². The molecule has 0 aromatic heterocycles. The molecule has 0 saturated heterocycles. The molecule has 0 N–H and O–H groups in total. The zero-order chi connectivity index (χ0) is 12.1. The number of esters is 1. The molecule has 0 spiro atoms. The van der Waals surface area contributed by atoms with E-state index in [4.69, 9.17) is 11.6 Å². The molecular formula is C11H12ClNO3. The number of halogens is 1. The number of benzene rings is 1. The van der Waals surface area contributed by atoms with Crippen LogP contribution in [0.25, 0.3) is 0 Å². The number of rotatable bonds is 4. The summed E-state index contributed by atoms with van der Waals surface area (Å²) < 4.78 is 4.57. The monoisotopic (exact) mass is 241 g/mol. The van der Waals surface area contributed by atoms with Gasteiger partial charge in [-0.25, -0.2) is 4.79 Å². The molecule has 4 nitrogen and oxygen atoms in total. The Kier molecular flexibility index (Phi) is 4.31. The lowest BCUT2D eigenvalue weighted by molar-refractivity contribution is -0.110. The Labute approximate surface area is 98.8 Å². The summed E-state index contributed by atoms with van der Waals surface area (Å²) in [6, 6.07) is 6.73. The number of ether oxygens (including phenoxy) is 1. The second kappa shape index (κ2) is 5.51. The van der Waals surface area contributed by atoms with Gasteiger partial charge in [-0.1, -0.05) is 0 Å². The summed E-state index contributed by atoms with van der Waals surface area (Å²) in [5.41, 5.74) is 1.28. The zero-order valence-corrected chi connectivity index (χ0v) is 9.82. The number of likely N-dealkylation sites (N-methyl/N-ethyl adjacent to an activating group) is 1. The summed E-state index contributed by atoms with van der Waals surface area (Å²) in [6.45, 7) is 0.124. The Morgan fingerprint density at radius 1 is 1.31 bits per heavy atom. The molecule has 0 fully saturated rings. The van der Waals surface area contributed by atoms with Gasteiger partial charge in [-0.15, -0.1) is 0 Å². The van der Waals surface area contributed by atoms with Crippen LogP contribution in [0, 0.1) is 0 Å². The molecule has 1 aromatic rings. The summed E-state index contributed by atoms with van der Waals surface area (Å²) in [5, 5.41) is -0.431. The summed E-state index contributed by atoms with van der Waals surface area (Å²) >= 11 is 5.27. The van der Waals surface area contributed by atoms with Crippen molar-refractivity contribution in [2.45, 2.75) is 0 Å². The maximum absolute atomic E-state index is 11.2. The minimum Gasteiger partial charge on any atom is -0.465 e. The van der Waals surface area contributed by atoms with Gasteiger partial charge in [0.25, 0.3) is 0 Å². The molecule has 0 radical (unpaired) electrons.